The number of hydrogen-bond acceptors (Lipinski definition) is 9. The third-order valence-corrected chi connectivity index (χ3v) is 13.6. The number of amides is 2. The van der Waals surface area contributed by atoms with E-state index in [1.165, 1.54) is 0 Å². The lowest BCUT2D eigenvalue weighted by atomic mass is 9.96. The fourth-order valence-corrected chi connectivity index (χ4v) is 9.79. The molecular formula is C61H55BrN2O9. The lowest BCUT2D eigenvalue weighted by Gasteiger charge is -2.46. The summed E-state index contributed by atoms with van der Waals surface area (Å²) in [7, 11) is 0. The highest BCUT2D eigenvalue weighted by atomic mass is 79.9. The fraction of sp³-hybridized carbons (Fsp3) is 0.213. The molecule has 8 aromatic rings. The van der Waals surface area contributed by atoms with Gasteiger partial charge in [-0.3, -0.25) is 9.59 Å². The van der Waals surface area contributed by atoms with E-state index in [0.29, 0.717) is 35.4 Å². The minimum atomic E-state index is -0.893. The molecule has 1 aromatic heterocycles. The second-order valence-electron chi connectivity index (χ2n) is 17.9. The molecule has 7 aromatic carbocycles. The van der Waals surface area contributed by atoms with Crippen molar-refractivity contribution < 1.29 is 42.7 Å². The summed E-state index contributed by atoms with van der Waals surface area (Å²) in [4.78, 5) is 29.9. The van der Waals surface area contributed by atoms with Gasteiger partial charge in [0, 0.05) is 17.1 Å². The topological polar surface area (TPSA) is 107 Å². The highest BCUT2D eigenvalue weighted by molar-refractivity contribution is 9.12. The number of benzene rings is 7. The summed E-state index contributed by atoms with van der Waals surface area (Å²) in [5, 5.41) is 0.650. The van der Waals surface area contributed by atoms with E-state index in [2.05, 4.69) is 15.9 Å². The molecule has 3 heterocycles. The molecule has 370 valence electrons. The van der Waals surface area contributed by atoms with Gasteiger partial charge >= 0.3 is 0 Å². The first kappa shape index (κ1) is 49.6. The third-order valence-electron chi connectivity index (χ3n) is 12.9. The van der Waals surface area contributed by atoms with E-state index in [-0.39, 0.29) is 49.8 Å². The Labute approximate surface area is 433 Å². The first-order chi connectivity index (χ1) is 36.0. The molecule has 0 radical (unpaired) electrons. The van der Waals surface area contributed by atoms with Crippen molar-refractivity contribution >= 4 is 44.2 Å². The monoisotopic (exact) mass is 1040 g/mol. The Morgan fingerprint density at radius 3 is 1.45 bits per heavy atom. The maximum Gasteiger partial charge on any atom is 0.270 e. The Bertz CT molecular complexity index is 3090. The lowest BCUT2D eigenvalue weighted by molar-refractivity contribution is -0.289. The first-order valence-corrected chi connectivity index (χ1v) is 25.2. The molecule has 2 amide bonds. The summed E-state index contributed by atoms with van der Waals surface area (Å²) in [5.74, 6) is -0.447. The second kappa shape index (κ2) is 24.1. The van der Waals surface area contributed by atoms with E-state index in [1.807, 2.05) is 211 Å². The number of aromatic nitrogens is 1. The van der Waals surface area contributed by atoms with E-state index >= 15 is 0 Å². The van der Waals surface area contributed by atoms with Crippen LogP contribution >= 0.6 is 15.9 Å². The predicted octanol–water partition coefficient (Wildman–Crippen LogP) is 11.7. The Morgan fingerprint density at radius 1 is 0.479 bits per heavy atom. The SMILES string of the molecule is O=C1C(Br)=C(c2cn(C3OC(COCc4ccccc4)C(OCc4ccccc4)C(OCc4ccccc4)C3OCc3ccccc3)c3ccc(OCc4ccccc4)cc23)C(=O)N1COCc1ccccc1. The zero-order valence-corrected chi connectivity index (χ0v) is 41.7. The second-order valence-corrected chi connectivity index (χ2v) is 18.7. The number of carbonyl (C=O) groups is 2. The number of rotatable bonds is 22. The largest absolute Gasteiger partial charge is 0.489 e. The van der Waals surface area contributed by atoms with Crippen molar-refractivity contribution in [2.75, 3.05) is 13.3 Å². The van der Waals surface area contributed by atoms with E-state index < -0.39 is 42.5 Å². The number of halogens is 1. The number of carbonyl (C=O) groups excluding carboxylic acids is 2. The molecule has 11 nitrogen and oxygen atoms in total. The number of imide groups is 1. The summed E-state index contributed by atoms with van der Waals surface area (Å²) < 4.78 is 49.6. The number of fused-ring (bicyclic) bond motifs is 1. The van der Waals surface area contributed by atoms with Gasteiger partial charge in [0.1, 0.15) is 43.5 Å². The predicted molar refractivity (Wildman–Crippen MR) is 282 cm³/mol. The highest BCUT2D eigenvalue weighted by Gasteiger charge is 2.50. The lowest BCUT2D eigenvalue weighted by Crippen LogP contribution is -2.59. The average Bonchev–Trinajstić information content (AvgIpc) is 3.91. The van der Waals surface area contributed by atoms with Gasteiger partial charge in [0.25, 0.3) is 11.8 Å². The quantitative estimate of drug-likeness (QED) is 0.0613. The van der Waals surface area contributed by atoms with Crippen LogP contribution in [0.1, 0.15) is 45.2 Å². The smallest absolute Gasteiger partial charge is 0.270 e. The van der Waals surface area contributed by atoms with Crippen molar-refractivity contribution in [2.45, 2.75) is 70.3 Å². The van der Waals surface area contributed by atoms with Crippen molar-refractivity contribution in [2.24, 2.45) is 0 Å². The van der Waals surface area contributed by atoms with Crippen LogP contribution in [0.3, 0.4) is 0 Å². The maximum absolute atomic E-state index is 14.7. The zero-order chi connectivity index (χ0) is 49.8. The molecule has 0 aliphatic carbocycles. The summed E-state index contributed by atoms with van der Waals surface area (Å²) in [6.45, 7) is 1.53. The molecule has 0 N–H and O–H groups in total. The molecule has 1 saturated heterocycles. The van der Waals surface area contributed by atoms with Gasteiger partial charge < -0.3 is 37.7 Å². The maximum atomic E-state index is 14.7. The van der Waals surface area contributed by atoms with Gasteiger partial charge in [0.2, 0.25) is 0 Å². The molecule has 0 bridgehead atoms. The molecule has 2 aliphatic rings. The van der Waals surface area contributed by atoms with Gasteiger partial charge in [-0.25, -0.2) is 4.90 Å². The van der Waals surface area contributed by atoms with Crippen LogP contribution < -0.4 is 4.74 Å². The molecule has 0 spiro atoms. The van der Waals surface area contributed by atoms with Gasteiger partial charge in [0.15, 0.2) is 6.23 Å². The minimum absolute atomic E-state index is 0.113. The van der Waals surface area contributed by atoms with Crippen LogP contribution in [0.25, 0.3) is 16.5 Å². The van der Waals surface area contributed by atoms with Crippen LogP contribution in [0.15, 0.2) is 211 Å². The van der Waals surface area contributed by atoms with Gasteiger partial charge in [-0.2, -0.15) is 0 Å². The number of nitrogens with zero attached hydrogens (tertiary/aromatic N) is 2. The molecule has 12 heteroatoms. The Balaban J connectivity index is 1.07. The zero-order valence-electron chi connectivity index (χ0n) is 40.1. The Hall–Kier alpha value is -7.00. The normalized spacial score (nSPS) is 19.0. The van der Waals surface area contributed by atoms with Crippen molar-refractivity contribution in [1.29, 1.82) is 0 Å². The van der Waals surface area contributed by atoms with E-state index in [4.69, 9.17) is 33.2 Å². The van der Waals surface area contributed by atoms with Gasteiger partial charge in [-0.05, 0) is 67.5 Å². The van der Waals surface area contributed by atoms with E-state index in [1.54, 1.807) is 0 Å². The third kappa shape index (κ3) is 12.1. The van der Waals surface area contributed by atoms with Crippen molar-refractivity contribution in [3.8, 4) is 5.75 Å². The number of hydrogen-bond donors (Lipinski definition) is 0. The Kier molecular flexibility index (Phi) is 16.4. The van der Waals surface area contributed by atoms with Gasteiger partial charge in [-0.1, -0.05) is 182 Å². The summed E-state index contributed by atoms with van der Waals surface area (Å²) in [6.07, 6.45) is -1.95. The molecule has 1 fully saturated rings. The van der Waals surface area contributed by atoms with E-state index in [0.717, 1.165) is 38.3 Å². The summed E-state index contributed by atoms with van der Waals surface area (Å²) in [6, 6.07) is 65.3. The van der Waals surface area contributed by atoms with Crippen LogP contribution in [0.4, 0.5) is 0 Å². The molecule has 5 atom stereocenters. The molecule has 73 heavy (non-hydrogen) atoms. The van der Waals surface area contributed by atoms with Crippen LogP contribution in [0.5, 0.6) is 5.75 Å². The summed E-state index contributed by atoms with van der Waals surface area (Å²) >= 11 is 3.57. The van der Waals surface area contributed by atoms with Crippen molar-refractivity contribution in [1.82, 2.24) is 9.47 Å². The van der Waals surface area contributed by atoms with Crippen molar-refractivity contribution in [3.05, 3.63) is 250 Å². The van der Waals surface area contributed by atoms with Crippen LogP contribution in [-0.4, -0.2) is 59.0 Å². The van der Waals surface area contributed by atoms with Crippen LogP contribution in [0.2, 0.25) is 0 Å². The molecule has 2 aliphatic heterocycles. The van der Waals surface area contributed by atoms with Gasteiger partial charge in [0.05, 0.1) is 55.2 Å². The highest BCUT2D eigenvalue weighted by Crippen LogP contribution is 2.43. The van der Waals surface area contributed by atoms with Gasteiger partial charge in [-0.15, -0.1) is 0 Å². The van der Waals surface area contributed by atoms with Crippen LogP contribution in [-0.2, 0) is 77.7 Å². The minimum Gasteiger partial charge on any atom is -0.489 e. The summed E-state index contributed by atoms with van der Waals surface area (Å²) in [5.41, 5.74) is 7.20. The standard InChI is InChI=1S/C61H55BrN2O9/c62-55-54(59(65)64(60(55)66)42-68-36-44-21-9-2-10-22-44)51-34-63(52-32-31-49(33-50(51)52)69-37-45-23-11-3-12-24-45)61-58(72-40-48-29-17-6-18-30-48)57(71-39-47-27-15-5-16-28-47)56(70-38-46-25-13-4-14-26-46)53(73-61)41-67-35-43-19-7-1-8-20-43/h1-34,53,56-58,61H,35-42H2. The van der Waals surface area contributed by atoms with Crippen molar-refractivity contribution in [3.63, 3.8) is 0 Å². The molecular weight excluding hydrogens is 985 g/mol. The number of ether oxygens (including phenoxy) is 7. The van der Waals surface area contributed by atoms with E-state index in [9.17, 15) is 9.59 Å². The molecule has 10 rings (SSSR count). The molecule has 0 saturated carbocycles. The van der Waals surface area contributed by atoms with Crippen LogP contribution in [0, 0.1) is 0 Å². The first-order valence-electron chi connectivity index (χ1n) is 24.4. The molecule has 5 unspecified atom stereocenters. The Morgan fingerprint density at radius 2 is 0.932 bits per heavy atom. The average molecular weight is 1040 g/mol. The fourth-order valence-electron chi connectivity index (χ4n) is 9.19.